The molecule has 1 nitrogen and oxygen atoms in total. The maximum absolute atomic E-state index is 6.09. The third-order valence-electron chi connectivity index (χ3n) is 2.48. The minimum Gasteiger partial charge on any atom is -0.327 e. The molecule has 0 radical (unpaired) electrons. The minimum atomic E-state index is 0.152. The quantitative estimate of drug-likeness (QED) is 0.799. The van der Waals surface area contributed by atoms with Crippen LogP contribution in [0.4, 0.5) is 0 Å². The van der Waals surface area contributed by atoms with Crippen molar-refractivity contribution in [1.29, 1.82) is 0 Å². The van der Waals surface area contributed by atoms with Crippen molar-refractivity contribution < 1.29 is 0 Å². The molecule has 0 bridgehead atoms. The van der Waals surface area contributed by atoms with Crippen molar-refractivity contribution in [3.63, 3.8) is 0 Å². The molecule has 0 spiro atoms. The van der Waals surface area contributed by atoms with E-state index in [0.29, 0.717) is 0 Å². The van der Waals surface area contributed by atoms with E-state index in [0.717, 1.165) is 11.4 Å². The van der Waals surface area contributed by atoms with Gasteiger partial charge in [0.1, 0.15) is 0 Å². The van der Waals surface area contributed by atoms with Crippen molar-refractivity contribution in [3.8, 4) is 0 Å². The molecule has 0 fully saturated rings. The van der Waals surface area contributed by atoms with Crippen molar-refractivity contribution in [2.45, 2.75) is 33.2 Å². The predicted molar refractivity (Wildman–Crippen MR) is 62.6 cm³/mol. The van der Waals surface area contributed by atoms with Gasteiger partial charge in [0.05, 0.1) is 0 Å². The lowest BCUT2D eigenvalue weighted by Crippen LogP contribution is -2.36. The topological polar surface area (TPSA) is 26.0 Å². The molecule has 1 aromatic rings. The smallest absolute Gasteiger partial charge is 0.0406 e. The van der Waals surface area contributed by atoms with E-state index >= 15 is 0 Å². The van der Waals surface area contributed by atoms with Crippen LogP contribution in [-0.2, 0) is 6.42 Å². The number of nitrogens with two attached hydrogens (primary N) is 1. The van der Waals surface area contributed by atoms with E-state index in [1.54, 1.807) is 0 Å². The van der Waals surface area contributed by atoms with E-state index in [2.05, 4.69) is 20.8 Å². The minimum absolute atomic E-state index is 0.152. The fourth-order valence-electron chi connectivity index (χ4n) is 1.18. The predicted octanol–water partition coefficient (Wildman–Crippen LogP) is 3.26. The highest BCUT2D eigenvalue weighted by molar-refractivity contribution is 6.30. The Labute approximate surface area is 91.3 Å². The SMILES string of the molecule is CC(C)(C)[C@@H](N)Cc1ccc(Cl)cc1. The second kappa shape index (κ2) is 4.33. The summed E-state index contributed by atoms with van der Waals surface area (Å²) in [4.78, 5) is 0. The van der Waals surface area contributed by atoms with Crippen LogP contribution in [0.1, 0.15) is 26.3 Å². The highest BCUT2D eigenvalue weighted by atomic mass is 35.5. The normalized spacial score (nSPS) is 14.1. The van der Waals surface area contributed by atoms with Gasteiger partial charge >= 0.3 is 0 Å². The van der Waals surface area contributed by atoms with Gasteiger partial charge in [-0.25, -0.2) is 0 Å². The molecule has 0 saturated heterocycles. The fourth-order valence-corrected chi connectivity index (χ4v) is 1.31. The Hall–Kier alpha value is -0.530. The Bertz CT molecular complexity index is 284. The van der Waals surface area contributed by atoms with Crippen molar-refractivity contribution >= 4 is 11.6 Å². The van der Waals surface area contributed by atoms with E-state index in [4.69, 9.17) is 17.3 Å². The van der Waals surface area contributed by atoms with Crippen LogP contribution in [0.15, 0.2) is 24.3 Å². The summed E-state index contributed by atoms with van der Waals surface area (Å²) in [6.45, 7) is 6.48. The van der Waals surface area contributed by atoms with E-state index in [1.165, 1.54) is 5.56 Å². The number of benzene rings is 1. The van der Waals surface area contributed by atoms with Gasteiger partial charge in [0, 0.05) is 11.1 Å². The number of rotatable bonds is 2. The zero-order chi connectivity index (χ0) is 10.8. The van der Waals surface area contributed by atoms with Crippen LogP contribution in [0.2, 0.25) is 5.02 Å². The van der Waals surface area contributed by atoms with Crippen LogP contribution < -0.4 is 5.73 Å². The van der Waals surface area contributed by atoms with Gasteiger partial charge in [-0.2, -0.15) is 0 Å². The van der Waals surface area contributed by atoms with Crippen molar-refractivity contribution in [2.75, 3.05) is 0 Å². The number of halogens is 1. The average molecular weight is 212 g/mol. The first-order chi connectivity index (χ1) is 6.39. The summed E-state index contributed by atoms with van der Waals surface area (Å²) in [5, 5.41) is 0.776. The molecule has 1 atom stereocenters. The van der Waals surface area contributed by atoms with Crippen LogP contribution in [0.25, 0.3) is 0 Å². The molecule has 0 aliphatic carbocycles. The first-order valence-electron chi connectivity index (χ1n) is 4.89. The summed E-state index contributed by atoms with van der Waals surface area (Å²) in [7, 11) is 0. The molecule has 0 aromatic heterocycles. The molecule has 2 N–H and O–H groups in total. The fraction of sp³-hybridized carbons (Fsp3) is 0.500. The van der Waals surface area contributed by atoms with Gasteiger partial charge in [-0.1, -0.05) is 44.5 Å². The zero-order valence-electron chi connectivity index (χ0n) is 9.05. The van der Waals surface area contributed by atoms with Crippen molar-refractivity contribution in [3.05, 3.63) is 34.9 Å². The van der Waals surface area contributed by atoms with Gasteiger partial charge in [-0.05, 0) is 29.5 Å². The maximum Gasteiger partial charge on any atom is 0.0406 e. The Kier molecular flexibility index (Phi) is 3.57. The summed E-state index contributed by atoms with van der Waals surface area (Å²) in [5.41, 5.74) is 7.49. The molecule has 0 aliphatic heterocycles. The second-order valence-electron chi connectivity index (χ2n) is 4.80. The van der Waals surface area contributed by atoms with E-state index in [1.807, 2.05) is 24.3 Å². The van der Waals surface area contributed by atoms with Crippen molar-refractivity contribution in [1.82, 2.24) is 0 Å². The molecule has 14 heavy (non-hydrogen) atoms. The van der Waals surface area contributed by atoms with Gasteiger partial charge in [-0.15, -0.1) is 0 Å². The van der Waals surface area contributed by atoms with Gasteiger partial charge in [0.15, 0.2) is 0 Å². The molecular weight excluding hydrogens is 194 g/mol. The van der Waals surface area contributed by atoms with Crippen molar-refractivity contribution in [2.24, 2.45) is 11.1 Å². The summed E-state index contributed by atoms with van der Waals surface area (Å²) < 4.78 is 0. The standard InChI is InChI=1S/C12H18ClN/c1-12(2,3)11(14)8-9-4-6-10(13)7-5-9/h4-7,11H,8,14H2,1-3H3/t11-/m0/s1. The van der Waals surface area contributed by atoms with Crippen LogP contribution >= 0.6 is 11.6 Å². The summed E-state index contributed by atoms with van der Waals surface area (Å²) >= 11 is 5.81. The zero-order valence-corrected chi connectivity index (χ0v) is 9.81. The first kappa shape index (κ1) is 11.5. The monoisotopic (exact) mass is 211 g/mol. The number of hydrogen-bond acceptors (Lipinski definition) is 1. The molecule has 0 unspecified atom stereocenters. The molecule has 1 aromatic carbocycles. The van der Waals surface area contributed by atoms with Gasteiger partial charge in [-0.3, -0.25) is 0 Å². The molecule has 0 amide bonds. The number of hydrogen-bond donors (Lipinski definition) is 1. The van der Waals surface area contributed by atoms with E-state index in [-0.39, 0.29) is 11.5 Å². The second-order valence-corrected chi connectivity index (χ2v) is 5.24. The molecule has 0 aliphatic rings. The summed E-state index contributed by atoms with van der Waals surface area (Å²) in [6, 6.07) is 8.07. The van der Waals surface area contributed by atoms with Gasteiger partial charge in [0.25, 0.3) is 0 Å². The summed E-state index contributed by atoms with van der Waals surface area (Å²) in [6.07, 6.45) is 0.903. The highest BCUT2D eigenvalue weighted by Gasteiger charge is 2.20. The van der Waals surface area contributed by atoms with Crippen LogP contribution in [0, 0.1) is 5.41 Å². The van der Waals surface area contributed by atoms with E-state index < -0.39 is 0 Å². The first-order valence-corrected chi connectivity index (χ1v) is 5.27. The van der Waals surface area contributed by atoms with Crippen LogP contribution in [0.3, 0.4) is 0 Å². The lowest BCUT2D eigenvalue weighted by atomic mass is 9.84. The Morgan fingerprint density at radius 1 is 1.21 bits per heavy atom. The third kappa shape index (κ3) is 3.32. The Morgan fingerprint density at radius 3 is 2.14 bits per heavy atom. The van der Waals surface area contributed by atoms with Gasteiger partial charge in [0.2, 0.25) is 0 Å². The molecule has 0 heterocycles. The molecule has 1 rings (SSSR count). The Balaban J connectivity index is 2.65. The largest absolute Gasteiger partial charge is 0.327 e. The lowest BCUT2D eigenvalue weighted by molar-refractivity contribution is 0.318. The molecule has 0 saturated carbocycles. The third-order valence-corrected chi connectivity index (χ3v) is 2.73. The lowest BCUT2D eigenvalue weighted by Gasteiger charge is -2.27. The van der Waals surface area contributed by atoms with E-state index in [9.17, 15) is 0 Å². The Morgan fingerprint density at radius 2 is 1.71 bits per heavy atom. The van der Waals surface area contributed by atoms with Gasteiger partial charge < -0.3 is 5.73 Å². The average Bonchev–Trinajstić information content (AvgIpc) is 2.07. The molecule has 78 valence electrons. The van der Waals surface area contributed by atoms with Crippen LogP contribution in [-0.4, -0.2) is 6.04 Å². The molecule has 2 heteroatoms. The summed E-state index contributed by atoms with van der Waals surface area (Å²) in [5.74, 6) is 0. The maximum atomic E-state index is 6.09. The highest BCUT2D eigenvalue weighted by Crippen LogP contribution is 2.21. The van der Waals surface area contributed by atoms with Crippen LogP contribution in [0.5, 0.6) is 0 Å². The molecular formula is C12H18ClN.